The minimum Gasteiger partial charge on any atom is -0.438 e. The van der Waals surface area contributed by atoms with E-state index in [4.69, 9.17) is 4.74 Å². The van der Waals surface area contributed by atoms with Crippen LogP contribution in [0.5, 0.6) is 0 Å². The van der Waals surface area contributed by atoms with Crippen molar-refractivity contribution in [1.82, 2.24) is 4.90 Å². The average Bonchev–Trinajstić information content (AvgIpc) is 2.07. The zero-order chi connectivity index (χ0) is 9.40. The summed E-state index contributed by atoms with van der Waals surface area (Å²) in [5, 5.41) is 0. The van der Waals surface area contributed by atoms with Crippen LogP contribution in [0.2, 0.25) is 0 Å². The van der Waals surface area contributed by atoms with E-state index in [2.05, 4.69) is 25.7 Å². The highest BCUT2D eigenvalue weighted by molar-refractivity contribution is 5.38. The molecule has 3 heteroatoms. The number of hydrogen-bond donors (Lipinski definition) is 0. The van der Waals surface area contributed by atoms with Crippen molar-refractivity contribution < 1.29 is 9.53 Å². The van der Waals surface area contributed by atoms with Crippen LogP contribution in [0.4, 0.5) is 0 Å². The maximum Gasteiger partial charge on any atom is 0.419 e. The Hall–Kier alpha value is -0.570. The maximum absolute atomic E-state index is 10.1. The molecular weight excluding hydrogens is 154 g/mol. The minimum absolute atomic E-state index is 0.0810. The van der Waals surface area contributed by atoms with Crippen LogP contribution in [0.15, 0.2) is 0 Å². The van der Waals surface area contributed by atoms with Crippen molar-refractivity contribution >= 4 is 6.47 Å². The predicted octanol–water partition coefficient (Wildman–Crippen LogP) is 1.54. The SMILES string of the molecule is CCCC(O[C]=O)N(CC)CC. The molecule has 0 aliphatic rings. The molecule has 0 saturated heterocycles. The van der Waals surface area contributed by atoms with Gasteiger partial charge in [0.1, 0.15) is 0 Å². The monoisotopic (exact) mass is 172 g/mol. The molecule has 0 aromatic carbocycles. The van der Waals surface area contributed by atoms with E-state index in [1.165, 1.54) is 6.47 Å². The van der Waals surface area contributed by atoms with Gasteiger partial charge in [0.05, 0.1) is 0 Å². The van der Waals surface area contributed by atoms with Gasteiger partial charge in [-0.15, -0.1) is 0 Å². The number of rotatable bonds is 7. The molecule has 12 heavy (non-hydrogen) atoms. The van der Waals surface area contributed by atoms with Gasteiger partial charge in [0.15, 0.2) is 6.23 Å². The second kappa shape index (κ2) is 7.10. The minimum atomic E-state index is -0.0810. The van der Waals surface area contributed by atoms with Gasteiger partial charge in [-0.05, 0) is 19.5 Å². The van der Waals surface area contributed by atoms with E-state index >= 15 is 0 Å². The first-order chi connectivity index (χ1) is 5.79. The van der Waals surface area contributed by atoms with Gasteiger partial charge in [-0.2, -0.15) is 0 Å². The first-order valence-corrected chi connectivity index (χ1v) is 4.56. The smallest absolute Gasteiger partial charge is 0.419 e. The zero-order valence-corrected chi connectivity index (χ0v) is 8.17. The predicted molar refractivity (Wildman–Crippen MR) is 48.4 cm³/mol. The van der Waals surface area contributed by atoms with Gasteiger partial charge in [0.2, 0.25) is 0 Å². The molecule has 1 unspecified atom stereocenters. The topological polar surface area (TPSA) is 29.5 Å². The van der Waals surface area contributed by atoms with Crippen molar-refractivity contribution in [3.8, 4) is 0 Å². The summed E-state index contributed by atoms with van der Waals surface area (Å²) in [5.74, 6) is 0. The van der Waals surface area contributed by atoms with Crippen LogP contribution < -0.4 is 0 Å². The van der Waals surface area contributed by atoms with Crippen LogP contribution in [0.3, 0.4) is 0 Å². The lowest BCUT2D eigenvalue weighted by atomic mass is 10.3. The van der Waals surface area contributed by atoms with Crippen LogP contribution in [0.25, 0.3) is 0 Å². The summed E-state index contributed by atoms with van der Waals surface area (Å²) >= 11 is 0. The first-order valence-electron chi connectivity index (χ1n) is 4.56. The Morgan fingerprint density at radius 1 is 1.33 bits per heavy atom. The van der Waals surface area contributed by atoms with E-state index < -0.39 is 0 Å². The number of carbonyl (C=O) groups excluding carboxylic acids is 1. The van der Waals surface area contributed by atoms with Gasteiger partial charge in [-0.25, -0.2) is 4.79 Å². The van der Waals surface area contributed by atoms with Crippen molar-refractivity contribution in [3.05, 3.63) is 0 Å². The van der Waals surface area contributed by atoms with Gasteiger partial charge in [-0.3, -0.25) is 4.90 Å². The van der Waals surface area contributed by atoms with Crippen LogP contribution in [0, 0.1) is 0 Å². The fourth-order valence-corrected chi connectivity index (χ4v) is 1.25. The fourth-order valence-electron chi connectivity index (χ4n) is 1.25. The highest BCUT2D eigenvalue weighted by Gasteiger charge is 2.14. The van der Waals surface area contributed by atoms with Gasteiger partial charge < -0.3 is 4.74 Å². The van der Waals surface area contributed by atoms with E-state index in [0.717, 1.165) is 25.9 Å². The second-order valence-corrected chi connectivity index (χ2v) is 2.67. The first kappa shape index (κ1) is 11.4. The summed E-state index contributed by atoms with van der Waals surface area (Å²) in [7, 11) is 0. The largest absolute Gasteiger partial charge is 0.438 e. The van der Waals surface area contributed by atoms with Crippen molar-refractivity contribution in [2.45, 2.75) is 39.8 Å². The molecule has 0 saturated carbocycles. The lowest BCUT2D eigenvalue weighted by Crippen LogP contribution is -2.36. The maximum atomic E-state index is 10.1. The Morgan fingerprint density at radius 3 is 2.25 bits per heavy atom. The molecule has 1 atom stereocenters. The van der Waals surface area contributed by atoms with Crippen molar-refractivity contribution in [1.29, 1.82) is 0 Å². The Bertz CT molecular complexity index is 113. The summed E-state index contributed by atoms with van der Waals surface area (Å²) < 4.78 is 4.85. The van der Waals surface area contributed by atoms with E-state index in [9.17, 15) is 4.79 Å². The normalized spacial score (nSPS) is 13.0. The molecule has 0 bridgehead atoms. The summed E-state index contributed by atoms with van der Waals surface area (Å²) in [4.78, 5) is 12.2. The molecule has 0 fully saturated rings. The van der Waals surface area contributed by atoms with Crippen LogP contribution in [0.1, 0.15) is 33.6 Å². The molecule has 0 rings (SSSR count). The molecule has 0 aliphatic carbocycles. The Labute approximate surface area is 74.7 Å². The molecule has 0 N–H and O–H groups in total. The highest BCUT2D eigenvalue weighted by atomic mass is 16.5. The standard InChI is InChI=1S/C9H18NO2/c1-4-7-9(12-8-11)10(5-2)6-3/h9H,4-7H2,1-3H3. The molecule has 71 valence electrons. The van der Waals surface area contributed by atoms with Crippen molar-refractivity contribution in [2.24, 2.45) is 0 Å². The van der Waals surface area contributed by atoms with Gasteiger partial charge in [-0.1, -0.05) is 27.2 Å². The fraction of sp³-hybridized carbons (Fsp3) is 0.889. The lowest BCUT2D eigenvalue weighted by molar-refractivity contribution is 0.0132. The average molecular weight is 172 g/mol. The van der Waals surface area contributed by atoms with Crippen LogP contribution in [-0.4, -0.2) is 30.7 Å². The van der Waals surface area contributed by atoms with Gasteiger partial charge >= 0.3 is 6.47 Å². The zero-order valence-electron chi connectivity index (χ0n) is 8.17. The molecule has 1 radical (unpaired) electrons. The molecule has 0 spiro atoms. The van der Waals surface area contributed by atoms with E-state index in [-0.39, 0.29) is 6.23 Å². The van der Waals surface area contributed by atoms with Crippen molar-refractivity contribution in [3.63, 3.8) is 0 Å². The third-order valence-corrected chi connectivity index (χ3v) is 1.94. The number of hydrogen-bond acceptors (Lipinski definition) is 3. The second-order valence-electron chi connectivity index (χ2n) is 2.67. The molecule has 3 nitrogen and oxygen atoms in total. The van der Waals surface area contributed by atoms with E-state index in [1.54, 1.807) is 0 Å². The quantitative estimate of drug-likeness (QED) is 0.545. The molecule has 0 heterocycles. The van der Waals surface area contributed by atoms with Gasteiger partial charge in [0, 0.05) is 0 Å². The van der Waals surface area contributed by atoms with Crippen LogP contribution >= 0.6 is 0 Å². The van der Waals surface area contributed by atoms with Crippen LogP contribution in [-0.2, 0) is 9.53 Å². The van der Waals surface area contributed by atoms with E-state index in [1.807, 2.05) is 0 Å². The van der Waals surface area contributed by atoms with Crippen molar-refractivity contribution in [2.75, 3.05) is 13.1 Å². The summed E-state index contributed by atoms with van der Waals surface area (Å²) in [6, 6.07) is 0. The third kappa shape index (κ3) is 3.72. The summed E-state index contributed by atoms with van der Waals surface area (Å²) in [6.45, 7) is 9.51. The molecular formula is C9H18NO2. The summed E-state index contributed by atoms with van der Waals surface area (Å²) in [5.41, 5.74) is 0. The molecule has 0 aromatic heterocycles. The summed E-state index contributed by atoms with van der Waals surface area (Å²) in [6.07, 6.45) is 1.82. The molecule has 0 aromatic rings. The Kier molecular flexibility index (Phi) is 6.76. The highest BCUT2D eigenvalue weighted by Crippen LogP contribution is 2.06. The third-order valence-electron chi connectivity index (χ3n) is 1.94. The molecule has 0 aliphatic heterocycles. The molecule has 0 amide bonds. The lowest BCUT2D eigenvalue weighted by Gasteiger charge is -2.26. The number of ether oxygens (including phenoxy) is 1. The Balaban J connectivity index is 3.94. The Morgan fingerprint density at radius 2 is 1.92 bits per heavy atom. The number of nitrogens with zero attached hydrogens (tertiary/aromatic N) is 1. The van der Waals surface area contributed by atoms with Gasteiger partial charge in [0.25, 0.3) is 0 Å². The van der Waals surface area contributed by atoms with E-state index in [0.29, 0.717) is 0 Å².